The monoisotopic (exact) mass is 597 g/mol. The number of hydrogen-bond donors (Lipinski definition) is 0. The van der Waals surface area contributed by atoms with E-state index in [4.69, 9.17) is 23.4 Å². The number of anilines is 1. The van der Waals surface area contributed by atoms with Gasteiger partial charge in [0.15, 0.2) is 0 Å². The van der Waals surface area contributed by atoms with E-state index in [-0.39, 0.29) is 24.0 Å². The number of alkyl halides is 2. The molecule has 0 saturated carbocycles. The molecule has 2 aliphatic rings. The van der Waals surface area contributed by atoms with Gasteiger partial charge in [-0.05, 0) is 32.0 Å². The number of para-hydroxylation sites is 3. The maximum absolute atomic E-state index is 13.3. The third-order valence-corrected chi connectivity index (χ3v) is 7.50. The number of aliphatic imine (C=N–C) groups is 1. The van der Waals surface area contributed by atoms with Gasteiger partial charge in [-0.3, -0.25) is 9.89 Å². The van der Waals surface area contributed by atoms with E-state index in [1.807, 2.05) is 24.3 Å². The number of rotatable bonds is 10. The molecule has 0 bridgehead atoms. The Morgan fingerprint density at radius 3 is 2.44 bits per heavy atom. The van der Waals surface area contributed by atoms with E-state index >= 15 is 0 Å². The van der Waals surface area contributed by atoms with Crippen LogP contribution >= 0.6 is 0 Å². The highest BCUT2D eigenvalue weighted by Crippen LogP contribution is 2.47. The van der Waals surface area contributed by atoms with Crippen LogP contribution in [0.15, 0.2) is 75.8 Å². The SMILES string of the molecule is COc1ccccc1N1CCN(CCOC(=O)OC2=C(C)N=C(C)C(c3nnco3)C2c2ccccc2OC(F)F)CC1. The number of carbonyl (C=O) groups excluding carboxylic acids is 1. The van der Waals surface area contributed by atoms with Crippen molar-refractivity contribution in [2.75, 3.05) is 51.3 Å². The summed E-state index contributed by atoms with van der Waals surface area (Å²) in [5.41, 5.74) is 2.35. The molecule has 13 heteroatoms. The van der Waals surface area contributed by atoms with Crippen LogP contribution in [0.2, 0.25) is 0 Å². The Balaban J connectivity index is 1.25. The molecule has 2 atom stereocenters. The van der Waals surface area contributed by atoms with Crippen molar-refractivity contribution in [2.24, 2.45) is 4.99 Å². The summed E-state index contributed by atoms with van der Waals surface area (Å²) < 4.78 is 53.6. The van der Waals surface area contributed by atoms with Crippen LogP contribution in [0.4, 0.5) is 19.3 Å². The minimum absolute atomic E-state index is 0.0729. The summed E-state index contributed by atoms with van der Waals surface area (Å²) in [5.74, 6) is -0.463. The molecule has 3 heterocycles. The summed E-state index contributed by atoms with van der Waals surface area (Å²) in [6, 6.07) is 14.2. The lowest BCUT2D eigenvalue weighted by Crippen LogP contribution is -2.47. The zero-order valence-corrected chi connectivity index (χ0v) is 24.1. The van der Waals surface area contributed by atoms with Gasteiger partial charge in [-0.25, -0.2) is 4.79 Å². The lowest BCUT2D eigenvalue weighted by Gasteiger charge is -2.36. The van der Waals surface area contributed by atoms with Crippen LogP contribution in [-0.4, -0.2) is 80.0 Å². The lowest BCUT2D eigenvalue weighted by atomic mass is 9.79. The highest BCUT2D eigenvalue weighted by atomic mass is 19.3. The molecule has 2 aromatic carbocycles. The van der Waals surface area contributed by atoms with Crippen molar-refractivity contribution in [3.05, 3.63) is 77.8 Å². The number of benzene rings is 2. The van der Waals surface area contributed by atoms with Crippen molar-refractivity contribution >= 4 is 17.6 Å². The van der Waals surface area contributed by atoms with Crippen LogP contribution in [0.3, 0.4) is 0 Å². The van der Waals surface area contributed by atoms with Crippen molar-refractivity contribution < 1.29 is 36.9 Å². The summed E-state index contributed by atoms with van der Waals surface area (Å²) in [5, 5.41) is 7.80. The van der Waals surface area contributed by atoms with Crippen LogP contribution in [0, 0.1) is 0 Å². The molecule has 5 rings (SSSR count). The third-order valence-electron chi connectivity index (χ3n) is 7.50. The predicted octanol–water partition coefficient (Wildman–Crippen LogP) is 5.23. The first-order valence-electron chi connectivity index (χ1n) is 13.9. The van der Waals surface area contributed by atoms with Gasteiger partial charge in [0.1, 0.15) is 23.9 Å². The van der Waals surface area contributed by atoms with Gasteiger partial charge in [0.25, 0.3) is 0 Å². The predicted molar refractivity (Wildman–Crippen MR) is 153 cm³/mol. The number of halogens is 2. The average Bonchev–Trinajstić information content (AvgIpc) is 3.53. The van der Waals surface area contributed by atoms with Crippen molar-refractivity contribution in [2.45, 2.75) is 32.3 Å². The van der Waals surface area contributed by atoms with E-state index < -0.39 is 24.6 Å². The van der Waals surface area contributed by atoms with E-state index in [2.05, 4.69) is 25.0 Å². The molecule has 0 amide bonds. The summed E-state index contributed by atoms with van der Waals surface area (Å²) in [7, 11) is 1.66. The van der Waals surface area contributed by atoms with Gasteiger partial charge in [-0.2, -0.15) is 8.78 Å². The lowest BCUT2D eigenvalue weighted by molar-refractivity contribution is -0.0507. The van der Waals surface area contributed by atoms with Crippen molar-refractivity contribution in [1.29, 1.82) is 0 Å². The van der Waals surface area contributed by atoms with E-state index in [1.54, 1.807) is 39.2 Å². The molecule has 1 aromatic heterocycles. The Morgan fingerprint density at radius 2 is 1.74 bits per heavy atom. The van der Waals surface area contributed by atoms with Crippen LogP contribution in [0.25, 0.3) is 0 Å². The van der Waals surface area contributed by atoms with Gasteiger partial charge >= 0.3 is 12.8 Å². The standard InChI is InChI=1S/C30H33F2N5O6/c1-19-25(28-35-33-18-41-28)26(21-8-4-6-10-23(21)42-29(31)32)27(20(2)34-19)43-30(38)40-17-16-36-12-14-37(15-13-36)22-9-5-7-11-24(22)39-3/h4-11,18,25-26,29H,12-17H2,1-3H3. The van der Waals surface area contributed by atoms with E-state index in [1.165, 1.54) is 6.07 Å². The second-order valence-electron chi connectivity index (χ2n) is 10.1. The fourth-order valence-corrected chi connectivity index (χ4v) is 5.52. The van der Waals surface area contributed by atoms with Gasteiger partial charge in [0.2, 0.25) is 12.3 Å². The number of methoxy groups -OCH3 is 1. The average molecular weight is 598 g/mol. The van der Waals surface area contributed by atoms with E-state index in [9.17, 15) is 13.6 Å². The zero-order valence-electron chi connectivity index (χ0n) is 24.1. The van der Waals surface area contributed by atoms with Gasteiger partial charge < -0.3 is 28.3 Å². The highest BCUT2D eigenvalue weighted by molar-refractivity contribution is 5.91. The van der Waals surface area contributed by atoms with Gasteiger partial charge in [-0.15, -0.1) is 10.2 Å². The fourth-order valence-electron chi connectivity index (χ4n) is 5.52. The largest absolute Gasteiger partial charge is 0.513 e. The van der Waals surface area contributed by atoms with Crippen molar-refractivity contribution in [3.63, 3.8) is 0 Å². The molecule has 228 valence electrons. The number of hydrogen-bond acceptors (Lipinski definition) is 11. The van der Waals surface area contributed by atoms with Gasteiger partial charge in [0.05, 0.1) is 30.3 Å². The summed E-state index contributed by atoms with van der Waals surface area (Å²) in [4.78, 5) is 22.0. The molecule has 43 heavy (non-hydrogen) atoms. The molecule has 0 radical (unpaired) electrons. The topological polar surface area (TPSA) is 112 Å². The maximum atomic E-state index is 13.3. The van der Waals surface area contributed by atoms with Crippen LogP contribution in [0.1, 0.15) is 37.1 Å². The molecule has 1 saturated heterocycles. The molecule has 11 nitrogen and oxygen atoms in total. The molecule has 2 unspecified atom stereocenters. The van der Waals surface area contributed by atoms with Gasteiger partial charge in [-0.1, -0.05) is 30.3 Å². The fraction of sp³-hybridized carbons (Fsp3) is 0.400. The van der Waals surface area contributed by atoms with Crippen LogP contribution in [0.5, 0.6) is 11.5 Å². The van der Waals surface area contributed by atoms with Gasteiger partial charge in [0, 0.05) is 44.0 Å². The smallest absolute Gasteiger partial charge is 0.495 e. The third kappa shape index (κ3) is 6.94. The first-order valence-corrected chi connectivity index (χ1v) is 13.9. The molecule has 1 fully saturated rings. The minimum Gasteiger partial charge on any atom is -0.495 e. The van der Waals surface area contributed by atoms with E-state index in [0.717, 1.165) is 44.0 Å². The maximum Gasteiger partial charge on any atom is 0.513 e. The molecular weight excluding hydrogens is 564 g/mol. The second kappa shape index (κ2) is 13.6. The number of allylic oxidation sites excluding steroid dienone is 2. The summed E-state index contributed by atoms with van der Waals surface area (Å²) in [6.45, 7) is 4.14. The molecule has 2 aliphatic heterocycles. The van der Waals surface area contributed by atoms with Crippen molar-refractivity contribution in [3.8, 4) is 11.5 Å². The van der Waals surface area contributed by atoms with Crippen LogP contribution < -0.4 is 14.4 Å². The minimum atomic E-state index is -3.06. The van der Waals surface area contributed by atoms with Crippen molar-refractivity contribution in [1.82, 2.24) is 15.1 Å². The Kier molecular flexibility index (Phi) is 9.50. The quantitative estimate of drug-likeness (QED) is 0.288. The number of piperazine rings is 1. The zero-order chi connectivity index (χ0) is 30.3. The molecule has 3 aromatic rings. The Hall–Kier alpha value is -4.52. The second-order valence-corrected chi connectivity index (χ2v) is 10.1. The highest BCUT2D eigenvalue weighted by Gasteiger charge is 2.41. The number of carbonyl (C=O) groups is 1. The Labute approximate surface area is 247 Å². The Morgan fingerprint density at radius 1 is 1.02 bits per heavy atom. The summed E-state index contributed by atoms with van der Waals surface area (Å²) >= 11 is 0. The van der Waals surface area contributed by atoms with E-state index in [0.29, 0.717) is 23.5 Å². The first kappa shape index (κ1) is 30.0. The normalized spacial score (nSPS) is 19.3. The molecular formula is C30H33F2N5O6. The molecule has 0 N–H and O–H groups in total. The Bertz CT molecular complexity index is 1460. The number of nitrogens with zero attached hydrogens (tertiary/aromatic N) is 5. The molecule has 0 spiro atoms. The number of ether oxygens (including phenoxy) is 4. The summed E-state index contributed by atoms with van der Waals surface area (Å²) in [6.07, 6.45) is 0.232. The first-order chi connectivity index (χ1) is 20.9. The van der Waals surface area contributed by atoms with Crippen LogP contribution in [-0.2, 0) is 9.47 Å². The number of aromatic nitrogens is 2. The molecule has 0 aliphatic carbocycles.